The van der Waals surface area contributed by atoms with Gasteiger partial charge in [-0.25, -0.2) is 4.98 Å². The summed E-state index contributed by atoms with van der Waals surface area (Å²) in [5.41, 5.74) is 2.53. The number of aryl methyl sites for hydroxylation is 3. The van der Waals surface area contributed by atoms with Crippen LogP contribution in [-0.2, 0) is 5.92 Å². The zero-order chi connectivity index (χ0) is 21.9. The third-order valence-electron chi connectivity index (χ3n) is 4.64. The molecule has 0 radical (unpaired) electrons. The smallest absolute Gasteiger partial charge is 0.290 e. The molecule has 156 valence electrons. The average molecular weight is 447 g/mol. The lowest BCUT2D eigenvalue weighted by molar-refractivity contribution is -0.00310. The first-order valence-corrected chi connectivity index (χ1v) is 10.5. The van der Waals surface area contributed by atoms with Gasteiger partial charge in [0.2, 0.25) is 0 Å². The average Bonchev–Trinajstić information content (AvgIpc) is 2.69. The molecule has 0 saturated heterocycles. The van der Waals surface area contributed by atoms with Crippen LogP contribution in [0.25, 0.3) is 0 Å². The highest BCUT2D eigenvalue weighted by Crippen LogP contribution is 2.34. The summed E-state index contributed by atoms with van der Waals surface area (Å²) < 4.78 is 29.5. The lowest BCUT2D eigenvalue weighted by Crippen LogP contribution is -2.35. The molecule has 3 aromatic rings. The van der Waals surface area contributed by atoms with E-state index in [0.29, 0.717) is 10.5 Å². The van der Waals surface area contributed by atoms with Crippen molar-refractivity contribution in [3.8, 4) is 0 Å². The minimum absolute atomic E-state index is 0.101. The highest BCUT2D eigenvalue weighted by Gasteiger charge is 2.34. The van der Waals surface area contributed by atoms with Gasteiger partial charge >= 0.3 is 0 Å². The predicted molar refractivity (Wildman–Crippen MR) is 117 cm³/mol. The molecule has 0 atom stereocenters. The Morgan fingerprint density at radius 1 is 1.07 bits per heavy atom. The Kier molecular flexibility index (Phi) is 6.78. The van der Waals surface area contributed by atoms with Gasteiger partial charge in [0.15, 0.2) is 0 Å². The summed E-state index contributed by atoms with van der Waals surface area (Å²) in [7, 11) is 0. The Hall–Kier alpha value is -2.44. The summed E-state index contributed by atoms with van der Waals surface area (Å²) in [6, 6.07) is 13.8. The number of alkyl halides is 2. The Bertz CT molecular complexity index is 1090. The molecule has 3 rings (SSSR count). The van der Waals surface area contributed by atoms with Crippen LogP contribution in [0.2, 0.25) is 5.15 Å². The molecule has 3 nitrogen and oxygen atoms in total. The second-order valence-electron chi connectivity index (χ2n) is 7.08. The van der Waals surface area contributed by atoms with E-state index < -0.39 is 18.4 Å². The fourth-order valence-corrected chi connectivity index (χ4v) is 4.21. The molecule has 1 aromatic heterocycles. The van der Waals surface area contributed by atoms with E-state index in [9.17, 15) is 13.6 Å². The van der Waals surface area contributed by atoms with Crippen molar-refractivity contribution < 1.29 is 13.6 Å². The monoisotopic (exact) mass is 446 g/mol. The third-order valence-corrected chi connectivity index (χ3v) is 6.07. The molecular formula is C23H21ClF2N2OS. The van der Waals surface area contributed by atoms with Crippen LogP contribution in [0.5, 0.6) is 0 Å². The summed E-state index contributed by atoms with van der Waals surface area (Å²) in [5, 5.41) is 2.48. The first kappa shape index (κ1) is 22.2. The van der Waals surface area contributed by atoms with Gasteiger partial charge in [-0.05, 0) is 44.0 Å². The van der Waals surface area contributed by atoms with Crippen LogP contribution >= 0.6 is 23.4 Å². The van der Waals surface area contributed by atoms with E-state index in [-0.39, 0.29) is 16.3 Å². The van der Waals surface area contributed by atoms with E-state index in [0.717, 1.165) is 16.0 Å². The Morgan fingerprint density at radius 3 is 2.50 bits per heavy atom. The molecule has 0 spiro atoms. The van der Waals surface area contributed by atoms with Crippen molar-refractivity contribution >= 4 is 29.3 Å². The SMILES string of the molecule is Cc1ccc(C(F)(F)CNC(=O)c2cc(Cl)ncc2Sc2ccccc2C)c(C)c1. The van der Waals surface area contributed by atoms with Gasteiger partial charge in [0, 0.05) is 21.6 Å². The van der Waals surface area contributed by atoms with Crippen LogP contribution in [0.1, 0.15) is 32.6 Å². The zero-order valence-corrected chi connectivity index (χ0v) is 18.4. The summed E-state index contributed by atoms with van der Waals surface area (Å²) >= 11 is 7.31. The van der Waals surface area contributed by atoms with Crippen molar-refractivity contribution in [3.63, 3.8) is 0 Å². The van der Waals surface area contributed by atoms with Gasteiger partial charge in [0.25, 0.3) is 11.8 Å². The molecular weight excluding hydrogens is 426 g/mol. The molecule has 2 aromatic carbocycles. The molecule has 0 aliphatic rings. The molecule has 1 amide bonds. The molecule has 0 aliphatic heterocycles. The zero-order valence-electron chi connectivity index (χ0n) is 16.8. The maximum atomic E-state index is 14.7. The van der Waals surface area contributed by atoms with Crippen LogP contribution < -0.4 is 5.32 Å². The van der Waals surface area contributed by atoms with Crippen LogP contribution in [0.3, 0.4) is 0 Å². The molecule has 30 heavy (non-hydrogen) atoms. The van der Waals surface area contributed by atoms with Gasteiger partial charge in [0.05, 0.1) is 12.1 Å². The van der Waals surface area contributed by atoms with E-state index >= 15 is 0 Å². The molecule has 7 heteroatoms. The van der Waals surface area contributed by atoms with Crippen LogP contribution in [0.15, 0.2) is 64.5 Å². The molecule has 0 fully saturated rings. The number of benzene rings is 2. The minimum atomic E-state index is -3.20. The lowest BCUT2D eigenvalue weighted by Gasteiger charge is -2.20. The number of nitrogens with one attached hydrogen (secondary N) is 1. The number of nitrogens with zero attached hydrogens (tertiary/aromatic N) is 1. The van der Waals surface area contributed by atoms with Gasteiger partial charge in [-0.3, -0.25) is 4.79 Å². The molecule has 0 unspecified atom stereocenters. The topological polar surface area (TPSA) is 42.0 Å². The van der Waals surface area contributed by atoms with Gasteiger partial charge in [-0.15, -0.1) is 0 Å². The highest BCUT2D eigenvalue weighted by atomic mass is 35.5. The fourth-order valence-electron chi connectivity index (χ4n) is 3.07. The normalized spacial score (nSPS) is 11.4. The second kappa shape index (κ2) is 9.14. The number of rotatable bonds is 6. The van der Waals surface area contributed by atoms with E-state index in [1.807, 2.05) is 38.1 Å². The van der Waals surface area contributed by atoms with Crippen molar-refractivity contribution in [3.05, 3.63) is 87.7 Å². The van der Waals surface area contributed by atoms with Crippen molar-refractivity contribution in [2.75, 3.05) is 6.54 Å². The quantitative estimate of drug-likeness (QED) is 0.449. The summed E-state index contributed by atoms with van der Waals surface area (Å²) in [6.45, 7) is 4.62. The van der Waals surface area contributed by atoms with Gasteiger partial charge < -0.3 is 5.32 Å². The van der Waals surface area contributed by atoms with E-state index in [4.69, 9.17) is 11.6 Å². The van der Waals surface area contributed by atoms with Crippen LogP contribution in [0, 0.1) is 20.8 Å². The van der Waals surface area contributed by atoms with E-state index in [1.54, 1.807) is 19.1 Å². The first-order chi connectivity index (χ1) is 14.2. The van der Waals surface area contributed by atoms with Crippen molar-refractivity contribution in [2.45, 2.75) is 36.5 Å². The number of pyridine rings is 1. The number of hydrogen-bond donors (Lipinski definition) is 1. The van der Waals surface area contributed by atoms with Gasteiger partial charge in [-0.1, -0.05) is 65.3 Å². The Labute approximate surface area is 183 Å². The maximum absolute atomic E-state index is 14.7. The highest BCUT2D eigenvalue weighted by molar-refractivity contribution is 7.99. The maximum Gasteiger partial charge on any atom is 0.290 e. The van der Waals surface area contributed by atoms with Crippen LogP contribution in [-0.4, -0.2) is 17.4 Å². The first-order valence-electron chi connectivity index (χ1n) is 9.30. The summed E-state index contributed by atoms with van der Waals surface area (Å²) in [6.07, 6.45) is 1.48. The number of hydrogen-bond acceptors (Lipinski definition) is 3. The van der Waals surface area contributed by atoms with Gasteiger partial charge in [0.1, 0.15) is 5.15 Å². The molecule has 0 saturated carbocycles. The van der Waals surface area contributed by atoms with E-state index in [2.05, 4.69) is 10.3 Å². The van der Waals surface area contributed by atoms with Crippen molar-refractivity contribution in [1.29, 1.82) is 0 Å². The largest absolute Gasteiger partial charge is 0.346 e. The molecule has 1 heterocycles. The predicted octanol–water partition coefficient (Wildman–Crippen LogP) is 6.33. The van der Waals surface area contributed by atoms with Crippen molar-refractivity contribution in [1.82, 2.24) is 10.3 Å². The van der Waals surface area contributed by atoms with Crippen molar-refractivity contribution in [2.24, 2.45) is 0 Å². The number of amides is 1. The van der Waals surface area contributed by atoms with Crippen LogP contribution in [0.4, 0.5) is 8.78 Å². The Balaban J connectivity index is 1.81. The molecule has 1 N–H and O–H groups in total. The molecule has 0 bridgehead atoms. The standard InChI is InChI=1S/C23H21ClF2N2OS/c1-14-8-9-18(16(3)10-14)23(25,26)13-28-22(29)17-11-21(24)27-12-20(17)30-19-7-5-4-6-15(19)2/h4-12H,13H2,1-3H3,(H,28,29). The minimum Gasteiger partial charge on any atom is -0.346 e. The number of carbonyl (C=O) groups excluding carboxylic acids is 1. The number of halogens is 3. The Morgan fingerprint density at radius 2 is 1.80 bits per heavy atom. The summed E-state index contributed by atoms with van der Waals surface area (Å²) in [5.74, 6) is -3.83. The number of aromatic nitrogens is 1. The third kappa shape index (κ3) is 5.18. The van der Waals surface area contributed by atoms with Gasteiger partial charge in [-0.2, -0.15) is 8.78 Å². The number of carbonyl (C=O) groups is 1. The lowest BCUT2D eigenvalue weighted by atomic mass is 10.00. The van der Waals surface area contributed by atoms with E-state index in [1.165, 1.54) is 30.1 Å². The summed E-state index contributed by atoms with van der Waals surface area (Å²) in [4.78, 5) is 18.3. The second-order valence-corrected chi connectivity index (χ2v) is 8.55. The molecule has 0 aliphatic carbocycles. The fraction of sp³-hybridized carbons (Fsp3) is 0.217.